The number of amides is 1. The zero-order valence-electron chi connectivity index (χ0n) is 15.6. The number of aromatic nitrogens is 4. The van der Waals surface area contributed by atoms with E-state index < -0.39 is 0 Å². The molecule has 0 radical (unpaired) electrons. The molecule has 1 aliphatic heterocycles. The van der Waals surface area contributed by atoms with Gasteiger partial charge in [-0.15, -0.1) is 16.8 Å². The number of carbonyl (C=O) groups is 1. The summed E-state index contributed by atoms with van der Waals surface area (Å²) >= 11 is 1.43. The molecule has 3 heterocycles. The fraction of sp³-hybridized carbons (Fsp3) is 0.190. The highest BCUT2D eigenvalue weighted by molar-refractivity contribution is 8.00. The zero-order valence-corrected chi connectivity index (χ0v) is 16.4. The third kappa shape index (κ3) is 3.77. The van der Waals surface area contributed by atoms with E-state index in [0.717, 1.165) is 23.5 Å². The molecule has 1 unspecified atom stereocenters. The van der Waals surface area contributed by atoms with E-state index in [1.165, 1.54) is 11.8 Å². The van der Waals surface area contributed by atoms with Gasteiger partial charge in [0, 0.05) is 36.7 Å². The molecule has 1 aliphatic rings. The SMILES string of the molecule is C=CCn1c(SC2CCN(c3ccc(C#N)cc3)C2=O)nnc1-c1ccncc1. The molecular formula is C21H18N6OS. The van der Waals surface area contributed by atoms with Crippen LogP contribution in [0.1, 0.15) is 12.0 Å². The molecule has 0 bridgehead atoms. The number of rotatable bonds is 6. The smallest absolute Gasteiger partial charge is 0.240 e. The van der Waals surface area contributed by atoms with Gasteiger partial charge in [-0.05, 0) is 42.8 Å². The number of hydrogen-bond acceptors (Lipinski definition) is 6. The summed E-state index contributed by atoms with van der Waals surface area (Å²) in [6.45, 7) is 5.01. The Morgan fingerprint density at radius 1 is 1.21 bits per heavy atom. The van der Waals surface area contributed by atoms with E-state index in [0.29, 0.717) is 23.8 Å². The van der Waals surface area contributed by atoms with E-state index in [1.807, 2.05) is 28.8 Å². The minimum absolute atomic E-state index is 0.0401. The summed E-state index contributed by atoms with van der Waals surface area (Å²) in [6, 6.07) is 12.9. The summed E-state index contributed by atoms with van der Waals surface area (Å²) in [4.78, 5) is 18.8. The summed E-state index contributed by atoms with van der Waals surface area (Å²) in [6.07, 6.45) is 5.93. The molecule has 3 aromatic rings. The van der Waals surface area contributed by atoms with Crippen molar-refractivity contribution >= 4 is 23.4 Å². The Balaban J connectivity index is 1.55. The van der Waals surface area contributed by atoms with E-state index in [2.05, 4.69) is 27.8 Å². The minimum atomic E-state index is -0.233. The first-order valence-electron chi connectivity index (χ1n) is 9.14. The number of benzene rings is 1. The number of nitrogens with zero attached hydrogens (tertiary/aromatic N) is 6. The molecule has 0 spiro atoms. The molecule has 1 atom stereocenters. The van der Waals surface area contributed by atoms with Crippen LogP contribution in [0, 0.1) is 11.3 Å². The van der Waals surface area contributed by atoms with Gasteiger partial charge in [0.1, 0.15) is 0 Å². The van der Waals surface area contributed by atoms with Crippen molar-refractivity contribution in [3.8, 4) is 17.5 Å². The average molecular weight is 402 g/mol. The summed E-state index contributed by atoms with van der Waals surface area (Å²) in [5.74, 6) is 0.766. The number of allylic oxidation sites excluding steroid dienone is 1. The summed E-state index contributed by atoms with van der Waals surface area (Å²) in [7, 11) is 0. The van der Waals surface area contributed by atoms with Crippen LogP contribution >= 0.6 is 11.8 Å². The first-order chi connectivity index (χ1) is 14.2. The monoisotopic (exact) mass is 402 g/mol. The summed E-state index contributed by atoms with van der Waals surface area (Å²) in [5, 5.41) is 18.1. The number of nitriles is 1. The molecule has 144 valence electrons. The molecule has 1 fully saturated rings. The van der Waals surface area contributed by atoms with Gasteiger partial charge in [-0.25, -0.2) is 0 Å². The van der Waals surface area contributed by atoms with Gasteiger partial charge in [-0.1, -0.05) is 17.8 Å². The van der Waals surface area contributed by atoms with Crippen molar-refractivity contribution in [1.29, 1.82) is 5.26 Å². The van der Waals surface area contributed by atoms with Crippen LogP contribution in [-0.4, -0.2) is 37.5 Å². The maximum absolute atomic E-state index is 13.0. The van der Waals surface area contributed by atoms with Crippen molar-refractivity contribution in [2.45, 2.75) is 23.4 Å². The Labute approximate surface area is 172 Å². The average Bonchev–Trinajstić information content (AvgIpc) is 3.33. The molecular weight excluding hydrogens is 384 g/mol. The van der Waals surface area contributed by atoms with Crippen molar-refractivity contribution < 1.29 is 4.79 Å². The van der Waals surface area contributed by atoms with Crippen LogP contribution in [0.15, 0.2) is 66.6 Å². The molecule has 29 heavy (non-hydrogen) atoms. The van der Waals surface area contributed by atoms with Gasteiger partial charge in [0.25, 0.3) is 0 Å². The van der Waals surface area contributed by atoms with Gasteiger partial charge in [-0.2, -0.15) is 5.26 Å². The van der Waals surface area contributed by atoms with Crippen molar-refractivity contribution in [2.75, 3.05) is 11.4 Å². The molecule has 0 N–H and O–H groups in total. The van der Waals surface area contributed by atoms with E-state index >= 15 is 0 Å². The Bertz CT molecular complexity index is 1070. The van der Waals surface area contributed by atoms with Crippen LogP contribution in [-0.2, 0) is 11.3 Å². The number of thioether (sulfide) groups is 1. The number of pyridine rings is 1. The van der Waals surface area contributed by atoms with Crippen LogP contribution in [0.25, 0.3) is 11.4 Å². The predicted molar refractivity (Wildman–Crippen MR) is 111 cm³/mol. The molecule has 4 rings (SSSR count). The third-order valence-electron chi connectivity index (χ3n) is 4.68. The van der Waals surface area contributed by atoms with Gasteiger partial charge in [0.2, 0.25) is 5.91 Å². The molecule has 7 nitrogen and oxygen atoms in total. The lowest BCUT2D eigenvalue weighted by Crippen LogP contribution is -2.28. The molecule has 0 saturated carbocycles. The number of anilines is 1. The largest absolute Gasteiger partial charge is 0.311 e. The van der Waals surface area contributed by atoms with Crippen molar-refractivity contribution in [3.63, 3.8) is 0 Å². The van der Waals surface area contributed by atoms with Gasteiger partial charge >= 0.3 is 0 Å². The molecule has 1 amide bonds. The van der Waals surface area contributed by atoms with Gasteiger partial charge in [-0.3, -0.25) is 14.3 Å². The first-order valence-corrected chi connectivity index (χ1v) is 10.0. The third-order valence-corrected chi connectivity index (χ3v) is 5.91. The predicted octanol–water partition coefficient (Wildman–Crippen LogP) is 3.30. The van der Waals surface area contributed by atoms with Gasteiger partial charge in [0.15, 0.2) is 11.0 Å². The molecule has 0 aliphatic carbocycles. The van der Waals surface area contributed by atoms with Crippen LogP contribution in [0.2, 0.25) is 0 Å². The normalized spacial score (nSPS) is 16.0. The fourth-order valence-corrected chi connectivity index (χ4v) is 4.33. The second kappa shape index (κ2) is 8.29. The van der Waals surface area contributed by atoms with Crippen molar-refractivity contribution in [3.05, 3.63) is 67.0 Å². The maximum Gasteiger partial charge on any atom is 0.240 e. The minimum Gasteiger partial charge on any atom is -0.311 e. The lowest BCUT2D eigenvalue weighted by molar-refractivity contribution is -0.116. The highest BCUT2D eigenvalue weighted by Gasteiger charge is 2.34. The van der Waals surface area contributed by atoms with E-state index in [9.17, 15) is 4.79 Å². The molecule has 8 heteroatoms. The topological polar surface area (TPSA) is 87.7 Å². The molecule has 1 aromatic carbocycles. The number of hydrogen-bond donors (Lipinski definition) is 0. The van der Waals surface area contributed by atoms with Gasteiger partial charge < -0.3 is 4.90 Å². The Morgan fingerprint density at radius 2 is 1.97 bits per heavy atom. The van der Waals surface area contributed by atoms with Crippen LogP contribution in [0.4, 0.5) is 5.69 Å². The standard InChI is InChI=1S/C21H18N6OS/c1-2-12-27-19(16-7-10-23-11-8-16)24-25-21(27)29-18-9-13-26(20(18)28)17-5-3-15(14-22)4-6-17/h2-8,10-11,18H,1,9,12-13H2. The van der Waals surface area contributed by atoms with Crippen LogP contribution in [0.3, 0.4) is 0 Å². The molecule has 2 aromatic heterocycles. The zero-order chi connectivity index (χ0) is 20.2. The van der Waals surface area contributed by atoms with Crippen molar-refractivity contribution in [2.24, 2.45) is 0 Å². The number of carbonyl (C=O) groups excluding carboxylic acids is 1. The second-order valence-electron chi connectivity index (χ2n) is 6.49. The highest BCUT2D eigenvalue weighted by Crippen LogP contribution is 2.34. The van der Waals surface area contributed by atoms with Crippen LogP contribution < -0.4 is 4.90 Å². The quantitative estimate of drug-likeness (QED) is 0.588. The van der Waals surface area contributed by atoms with E-state index in [-0.39, 0.29) is 11.2 Å². The maximum atomic E-state index is 13.0. The highest BCUT2D eigenvalue weighted by atomic mass is 32.2. The second-order valence-corrected chi connectivity index (χ2v) is 7.65. The fourth-order valence-electron chi connectivity index (χ4n) is 3.25. The Hall–Kier alpha value is -3.44. The summed E-state index contributed by atoms with van der Waals surface area (Å²) in [5.41, 5.74) is 2.30. The van der Waals surface area contributed by atoms with E-state index in [4.69, 9.17) is 5.26 Å². The molecule has 1 saturated heterocycles. The van der Waals surface area contributed by atoms with Crippen LogP contribution in [0.5, 0.6) is 0 Å². The Morgan fingerprint density at radius 3 is 2.66 bits per heavy atom. The Kier molecular flexibility index (Phi) is 5.40. The first kappa shape index (κ1) is 18.9. The van der Waals surface area contributed by atoms with Gasteiger partial charge in [0.05, 0.1) is 16.9 Å². The summed E-state index contributed by atoms with van der Waals surface area (Å²) < 4.78 is 1.96. The lowest BCUT2D eigenvalue weighted by atomic mass is 10.2. The van der Waals surface area contributed by atoms with E-state index in [1.54, 1.807) is 35.5 Å². The van der Waals surface area contributed by atoms with Crippen molar-refractivity contribution in [1.82, 2.24) is 19.7 Å². The lowest BCUT2D eigenvalue weighted by Gasteiger charge is -2.16.